The molecule has 9 nitrogen and oxygen atoms in total. The van der Waals surface area contributed by atoms with Crippen molar-refractivity contribution in [1.29, 1.82) is 0 Å². The second kappa shape index (κ2) is 11.6. The van der Waals surface area contributed by atoms with Crippen LogP contribution in [0.25, 0.3) is 12.2 Å². The Morgan fingerprint density at radius 3 is 1.28 bits per heavy atom. The average molecular weight is 533 g/mol. The van der Waals surface area contributed by atoms with Crippen molar-refractivity contribution in [2.75, 3.05) is 52.6 Å². The number of ether oxygens (including phenoxy) is 2. The van der Waals surface area contributed by atoms with Gasteiger partial charge in [-0.15, -0.1) is 0 Å². The predicted octanol–water partition coefficient (Wildman–Crippen LogP) is 2.02. The van der Waals surface area contributed by atoms with E-state index in [4.69, 9.17) is 9.47 Å². The smallest absolute Gasteiger partial charge is 0.243 e. The summed E-state index contributed by atoms with van der Waals surface area (Å²) >= 11 is 0. The molecule has 4 rings (SSSR count). The van der Waals surface area contributed by atoms with Crippen LogP contribution in [0.2, 0.25) is 0 Å². The van der Waals surface area contributed by atoms with Crippen molar-refractivity contribution >= 4 is 38.0 Å². The van der Waals surface area contributed by atoms with Gasteiger partial charge < -0.3 is 9.47 Å². The summed E-state index contributed by atoms with van der Waals surface area (Å²) in [6.45, 7) is 2.85. The molecule has 2 aromatic rings. The largest absolute Gasteiger partial charge is 0.379 e. The van der Waals surface area contributed by atoms with Gasteiger partial charge in [-0.2, -0.15) is 8.61 Å². The molecule has 0 amide bonds. The molecule has 2 fully saturated rings. The Balaban J connectivity index is 1.35. The van der Waals surface area contributed by atoms with Gasteiger partial charge in [-0.3, -0.25) is 4.79 Å². The first-order valence-electron chi connectivity index (χ1n) is 11.5. The van der Waals surface area contributed by atoms with Gasteiger partial charge in [-0.25, -0.2) is 16.8 Å². The molecule has 2 aliphatic heterocycles. The summed E-state index contributed by atoms with van der Waals surface area (Å²) < 4.78 is 64.0. The fourth-order valence-electron chi connectivity index (χ4n) is 3.79. The molecule has 2 aliphatic rings. The fraction of sp³-hybridized carbons (Fsp3) is 0.320. The molecular weight excluding hydrogens is 504 g/mol. The van der Waals surface area contributed by atoms with E-state index in [0.717, 1.165) is 0 Å². The van der Waals surface area contributed by atoms with Crippen molar-refractivity contribution in [1.82, 2.24) is 8.61 Å². The molecule has 0 spiro atoms. The van der Waals surface area contributed by atoms with Crippen LogP contribution in [0.5, 0.6) is 0 Å². The van der Waals surface area contributed by atoms with Gasteiger partial charge in [0, 0.05) is 26.2 Å². The van der Waals surface area contributed by atoms with E-state index < -0.39 is 20.0 Å². The third-order valence-electron chi connectivity index (χ3n) is 5.86. The molecule has 2 saturated heterocycles. The number of hydrogen-bond acceptors (Lipinski definition) is 7. The van der Waals surface area contributed by atoms with Crippen molar-refractivity contribution in [2.45, 2.75) is 9.79 Å². The van der Waals surface area contributed by atoms with Crippen LogP contribution >= 0.6 is 0 Å². The molecule has 0 atom stereocenters. The highest BCUT2D eigenvalue weighted by Crippen LogP contribution is 2.19. The zero-order valence-corrected chi connectivity index (χ0v) is 21.3. The number of hydrogen-bond donors (Lipinski definition) is 0. The lowest BCUT2D eigenvalue weighted by Gasteiger charge is -2.26. The van der Waals surface area contributed by atoms with Crippen LogP contribution < -0.4 is 0 Å². The number of allylic oxidation sites excluding steroid dienone is 2. The summed E-state index contributed by atoms with van der Waals surface area (Å²) in [5, 5.41) is 0. The maximum atomic E-state index is 12.7. The highest BCUT2D eigenvalue weighted by molar-refractivity contribution is 7.89. The van der Waals surface area contributed by atoms with Crippen LogP contribution in [0.15, 0.2) is 70.5 Å². The minimum Gasteiger partial charge on any atom is -0.379 e. The molecule has 2 heterocycles. The lowest BCUT2D eigenvalue weighted by atomic mass is 10.1. The molecule has 192 valence electrons. The highest BCUT2D eigenvalue weighted by atomic mass is 32.2. The molecule has 0 N–H and O–H groups in total. The number of ketones is 1. The Bertz CT molecular complexity index is 1220. The fourth-order valence-corrected chi connectivity index (χ4v) is 6.60. The number of carbonyl (C=O) groups is 1. The van der Waals surface area contributed by atoms with E-state index in [0.29, 0.717) is 63.7 Å². The van der Waals surface area contributed by atoms with E-state index in [9.17, 15) is 21.6 Å². The Morgan fingerprint density at radius 2 is 0.944 bits per heavy atom. The summed E-state index contributed by atoms with van der Waals surface area (Å²) in [6, 6.07) is 12.7. The lowest BCUT2D eigenvalue weighted by molar-refractivity contribution is -0.110. The van der Waals surface area contributed by atoms with Gasteiger partial charge in [-0.05, 0) is 47.5 Å². The van der Waals surface area contributed by atoms with Crippen molar-refractivity contribution in [2.24, 2.45) is 0 Å². The quantitative estimate of drug-likeness (QED) is 0.479. The Kier molecular flexibility index (Phi) is 8.50. The molecule has 11 heteroatoms. The summed E-state index contributed by atoms with van der Waals surface area (Å²) in [5.41, 5.74) is 1.38. The molecule has 0 aromatic heterocycles. The van der Waals surface area contributed by atoms with Gasteiger partial charge in [0.25, 0.3) is 0 Å². The van der Waals surface area contributed by atoms with Crippen molar-refractivity contribution in [3.05, 3.63) is 71.8 Å². The van der Waals surface area contributed by atoms with Gasteiger partial charge in [0.05, 0.1) is 36.2 Å². The van der Waals surface area contributed by atoms with Gasteiger partial charge in [0.1, 0.15) is 0 Å². The molecule has 0 aliphatic carbocycles. The number of rotatable bonds is 8. The molecule has 0 unspecified atom stereocenters. The van der Waals surface area contributed by atoms with Gasteiger partial charge >= 0.3 is 0 Å². The normalized spacial score (nSPS) is 18.7. The zero-order valence-electron chi connectivity index (χ0n) is 19.7. The number of sulfonamides is 2. The van der Waals surface area contributed by atoms with Crippen LogP contribution in [-0.2, 0) is 34.3 Å². The topological polar surface area (TPSA) is 110 Å². The molecule has 2 aromatic carbocycles. The van der Waals surface area contributed by atoms with E-state index in [1.54, 1.807) is 36.4 Å². The summed E-state index contributed by atoms with van der Waals surface area (Å²) in [5.74, 6) is -0.259. The van der Waals surface area contributed by atoms with Crippen LogP contribution in [0.3, 0.4) is 0 Å². The monoisotopic (exact) mass is 532 g/mol. The Hall–Kier alpha value is -2.67. The number of carbonyl (C=O) groups excluding carboxylic acids is 1. The first kappa shape index (κ1) is 26.4. The van der Waals surface area contributed by atoms with Crippen molar-refractivity contribution in [3.63, 3.8) is 0 Å². The summed E-state index contributed by atoms with van der Waals surface area (Å²) in [4.78, 5) is 12.7. The second-order valence-corrected chi connectivity index (χ2v) is 12.1. The number of benzene rings is 2. The van der Waals surface area contributed by atoms with Crippen LogP contribution in [0.1, 0.15) is 11.1 Å². The van der Waals surface area contributed by atoms with E-state index >= 15 is 0 Å². The maximum absolute atomic E-state index is 12.7. The lowest BCUT2D eigenvalue weighted by Crippen LogP contribution is -2.40. The maximum Gasteiger partial charge on any atom is 0.243 e. The van der Waals surface area contributed by atoms with Gasteiger partial charge in [-0.1, -0.05) is 36.4 Å². The van der Waals surface area contributed by atoms with Gasteiger partial charge in [0.15, 0.2) is 5.78 Å². The van der Waals surface area contributed by atoms with Crippen molar-refractivity contribution < 1.29 is 31.1 Å². The number of nitrogens with zero attached hydrogens (tertiary/aromatic N) is 2. The minimum atomic E-state index is -3.56. The van der Waals surface area contributed by atoms with E-state index in [2.05, 4.69) is 0 Å². The summed E-state index contributed by atoms with van der Waals surface area (Å²) in [6.07, 6.45) is 5.99. The molecule has 0 bridgehead atoms. The second-order valence-electron chi connectivity index (χ2n) is 8.24. The van der Waals surface area contributed by atoms with E-state index in [1.807, 2.05) is 0 Å². The summed E-state index contributed by atoms with van der Waals surface area (Å²) in [7, 11) is -7.13. The third kappa shape index (κ3) is 6.36. The van der Waals surface area contributed by atoms with Crippen molar-refractivity contribution in [3.8, 4) is 0 Å². The molecular formula is C25H28N2O7S2. The van der Waals surface area contributed by atoms with Gasteiger partial charge in [0.2, 0.25) is 20.0 Å². The molecule has 36 heavy (non-hydrogen) atoms. The Morgan fingerprint density at radius 1 is 0.611 bits per heavy atom. The third-order valence-corrected chi connectivity index (χ3v) is 9.68. The first-order valence-corrected chi connectivity index (χ1v) is 14.4. The predicted molar refractivity (Wildman–Crippen MR) is 135 cm³/mol. The van der Waals surface area contributed by atoms with Crippen LogP contribution in [0.4, 0.5) is 0 Å². The SMILES string of the molecule is O=C(/C=C/c1ccc(S(=O)(=O)N2CCOCC2)cc1)/C=C/c1ccc(S(=O)(=O)N2CCOCC2)cc1. The van der Waals surface area contributed by atoms with Crippen LogP contribution in [-0.4, -0.2) is 83.8 Å². The number of morpholine rings is 2. The molecule has 0 radical (unpaired) electrons. The average Bonchev–Trinajstić information content (AvgIpc) is 2.92. The minimum absolute atomic E-state index is 0.201. The van der Waals surface area contributed by atoms with E-state index in [1.165, 1.54) is 45.0 Å². The zero-order chi connectivity index (χ0) is 25.6. The Labute approximate surface area is 211 Å². The standard InChI is InChI=1S/C25H28N2O7S2/c28-23(7-1-21-3-9-24(10-4-21)35(29,30)26-13-17-33-18-14-26)8-2-22-5-11-25(12-6-22)36(31,32)27-15-19-34-20-16-27/h1-12H,13-20H2/b7-1+,8-2+. The van der Waals surface area contributed by atoms with E-state index in [-0.39, 0.29) is 15.6 Å². The molecule has 0 saturated carbocycles. The van der Waals surface area contributed by atoms with Crippen LogP contribution in [0, 0.1) is 0 Å². The first-order chi connectivity index (χ1) is 17.3. The highest BCUT2D eigenvalue weighted by Gasteiger charge is 2.27.